The molecule has 1 atom stereocenters. The van der Waals surface area contributed by atoms with E-state index in [-0.39, 0.29) is 6.04 Å². The van der Waals surface area contributed by atoms with Crippen molar-refractivity contribution in [3.05, 3.63) is 59.4 Å². The fraction of sp³-hybridized carbons (Fsp3) is 0.235. The van der Waals surface area contributed by atoms with E-state index in [1.54, 1.807) is 7.11 Å². The zero-order valence-electron chi connectivity index (χ0n) is 11.9. The number of nitrogens with one attached hydrogen (secondary N) is 2. The van der Waals surface area contributed by atoms with Crippen LogP contribution in [-0.4, -0.2) is 23.6 Å². The standard InChI is InChI=1S/C17H17N3O/c1-21-12-6-7-14-15(10-12)20-17(19-14)16-13-5-3-2-4-11(13)8-9-18-16/h2-7,10,16,18H,8-9H2,1H3,(H,19,20). The largest absolute Gasteiger partial charge is 0.497 e. The van der Waals surface area contributed by atoms with Crippen LogP contribution < -0.4 is 10.1 Å². The summed E-state index contributed by atoms with van der Waals surface area (Å²) >= 11 is 0. The smallest absolute Gasteiger partial charge is 0.129 e. The maximum absolute atomic E-state index is 5.27. The minimum absolute atomic E-state index is 0.133. The second-order valence-electron chi connectivity index (χ2n) is 5.34. The van der Waals surface area contributed by atoms with Gasteiger partial charge in [0.05, 0.1) is 24.2 Å². The Kier molecular flexibility index (Phi) is 2.89. The van der Waals surface area contributed by atoms with Crippen molar-refractivity contribution in [1.82, 2.24) is 15.3 Å². The summed E-state index contributed by atoms with van der Waals surface area (Å²) < 4.78 is 5.27. The fourth-order valence-corrected chi connectivity index (χ4v) is 3.02. The van der Waals surface area contributed by atoms with Crippen LogP contribution >= 0.6 is 0 Å². The monoisotopic (exact) mass is 279 g/mol. The van der Waals surface area contributed by atoms with Gasteiger partial charge in [-0.15, -0.1) is 0 Å². The summed E-state index contributed by atoms with van der Waals surface area (Å²) in [5, 5.41) is 3.56. The second-order valence-corrected chi connectivity index (χ2v) is 5.34. The molecule has 2 N–H and O–H groups in total. The van der Waals surface area contributed by atoms with Crippen LogP contribution in [0.25, 0.3) is 11.0 Å². The minimum Gasteiger partial charge on any atom is -0.497 e. The molecule has 21 heavy (non-hydrogen) atoms. The Labute approximate surface area is 123 Å². The third-order valence-corrected chi connectivity index (χ3v) is 4.09. The van der Waals surface area contributed by atoms with E-state index >= 15 is 0 Å². The van der Waals surface area contributed by atoms with Gasteiger partial charge in [0, 0.05) is 12.6 Å². The Morgan fingerprint density at radius 1 is 1.19 bits per heavy atom. The number of fused-ring (bicyclic) bond motifs is 2. The first-order chi connectivity index (χ1) is 10.3. The van der Waals surface area contributed by atoms with Crippen molar-refractivity contribution in [3.63, 3.8) is 0 Å². The molecule has 2 heterocycles. The average molecular weight is 279 g/mol. The predicted octanol–water partition coefficient (Wildman–Crippen LogP) is 2.81. The molecule has 0 saturated carbocycles. The summed E-state index contributed by atoms with van der Waals surface area (Å²) in [6.07, 6.45) is 1.07. The van der Waals surface area contributed by atoms with E-state index in [9.17, 15) is 0 Å². The van der Waals surface area contributed by atoms with Gasteiger partial charge < -0.3 is 15.0 Å². The SMILES string of the molecule is COc1ccc2nc(C3NCCc4ccccc43)[nH]c2c1. The molecule has 1 aliphatic heterocycles. The second kappa shape index (κ2) is 4.90. The lowest BCUT2D eigenvalue weighted by atomic mass is 9.94. The van der Waals surface area contributed by atoms with Gasteiger partial charge in [-0.3, -0.25) is 0 Å². The van der Waals surface area contributed by atoms with Crippen molar-refractivity contribution >= 4 is 11.0 Å². The van der Waals surface area contributed by atoms with Crippen molar-refractivity contribution in [1.29, 1.82) is 0 Å². The molecule has 106 valence electrons. The van der Waals surface area contributed by atoms with Gasteiger partial charge in [-0.05, 0) is 29.7 Å². The van der Waals surface area contributed by atoms with Crippen LogP contribution in [0.4, 0.5) is 0 Å². The van der Waals surface area contributed by atoms with Gasteiger partial charge in [-0.1, -0.05) is 24.3 Å². The molecule has 2 aromatic carbocycles. The molecule has 0 saturated heterocycles. The number of methoxy groups -OCH3 is 1. The number of rotatable bonds is 2. The topological polar surface area (TPSA) is 49.9 Å². The van der Waals surface area contributed by atoms with Crippen molar-refractivity contribution in [2.24, 2.45) is 0 Å². The van der Waals surface area contributed by atoms with Gasteiger partial charge in [0.2, 0.25) is 0 Å². The number of imidazole rings is 1. The van der Waals surface area contributed by atoms with E-state index in [0.717, 1.165) is 35.6 Å². The summed E-state index contributed by atoms with van der Waals surface area (Å²) in [4.78, 5) is 8.16. The van der Waals surface area contributed by atoms with Gasteiger partial charge in [0.25, 0.3) is 0 Å². The third kappa shape index (κ3) is 2.08. The quantitative estimate of drug-likeness (QED) is 0.758. The molecule has 4 nitrogen and oxygen atoms in total. The normalized spacial score (nSPS) is 17.7. The van der Waals surface area contributed by atoms with E-state index in [1.807, 2.05) is 18.2 Å². The third-order valence-electron chi connectivity index (χ3n) is 4.09. The molecule has 1 unspecified atom stereocenters. The van der Waals surface area contributed by atoms with Crippen LogP contribution in [0, 0.1) is 0 Å². The fourth-order valence-electron chi connectivity index (χ4n) is 3.02. The summed E-state index contributed by atoms with van der Waals surface area (Å²) in [6.45, 7) is 0.974. The van der Waals surface area contributed by atoms with Crippen LogP contribution in [0.15, 0.2) is 42.5 Å². The summed E-state index contributed by atoms with van der Waals surface area (Å²) in [7, 11) is 1.68. The number of ether oxygens (including phenoxy) is 1. The summed E-state index contributed by atoms with van der Waals surface area (Å²) in [5.74, 6) is 1.81. The number of aromatic amines is 1. The summed E-state index contributed by atoms with van der Waals surface area (Å²) in [6, 6.07) is 14.6. The molecule has 0 amide bonds. The first-order valence-electron chi connectivity index (χ1n) is 7.20. The Bertz CT molecular complexity index is 794. The Hall–Kier alpha value is -2.33. The highest BCUT2D eigenvalue weighted by Crippen LogP contribution is 2.29. The number of nitrogens with zero attached hydrogens (tertiary/aromatic N) is 1. The van der Waals surface area contributed by atoms with E-state index in [4.69, 9.17) is 9.72 Å². The molecule has 4 heteroatoms. The zero-order chi connectivity index (χ0) is 14.2. The van der Waals surface area contributed by atoms with Crippen molar-refractivity contribution in [2.45, 2.75) is 12.5 Å². The molecule has 0 bridgehead atoms. The lowest BCUT2D eigenvalue weighted by Crippen LogP contribution is -2.31. The van der Waals surface area contributed by atoms with Gasteiger partial charge in [-0.25, -0.2) is 4.98 Å². The van der Waals surface area contributed by atoms with Gasteiger partial charge in [-0.2, -0.15) is 0 Å². The lowest BCUT2D eigenvalue weighted by molar-refractivity contribution is 0.415. The zero-order valence-corrected chi connectivity index (χ0v) is 11.9. The maximum Gasteiger partial charge on any atom is 0.129 e. The van der Waals surface area contributed by atoms with Crippen LogP contribution in [-0.2, 0) is 6.42 Å². The van der Waals surface area contributed by atoms with E-state index in [1.165, 1.54) is 11.1 Å². The Morgan fingerprint density at radius 3 is 3.00 bits per heavy atom. The van der Waals surface area contributed by atoms with Gasteiger partial charge in [0.1, 0.15) is 11.6 Å². The molecule has 0 radical (unpaired) electrons. The molecule has 0 fully saturated rings. The minimum atomic E-state index is 0.133. The molecular formula is C17H17N3O. The highest BCUT2D eigenvalue weighted by atomic mass is 16.5. The molecule has 0 aliphatic carbocycles. The van der Waals surface area contributed by atoms with E-state index in [0.29, 0.717) is 0 Å². The lowest BCUT2D eigenvalue weighted by Gasteiger charge is -2.25. The van der Waals surface area contributed by atoms with E-state index < -0.39 is 0 Å². The first kappa shape index (κ1) is 12.4. The number of hydrogen-bond donors (Lipinski definition) is 2. The molecule has 1 aliphatic rings. The average Bonchev–Trinajstić information content (AvgIpc) is 2.97. The number of H-pyrrole nitrogens is 1. The van der Waals surface area contributed by atoms with Crippen LogP contribution in [0.2, 0.25) is 0 Å². The molecule has 4 rings (SSSR count). The number of hydrogen-bond acceptors (Lipinski definition) is 3. The number of aromatic nitrogens is 2. The van der Waals surface area contributed by atoms with Crippen molar-refractivity contribution < 1.29 is 4.74 Å². The predicted molar refractivity (Wildman–Crippen MR) is 82.6 cm³/mol. The Balaban J connectivity index is 1.80. The Morgan fingerprint density at radius 2 is 2.10 bits per heavy atom. The van der Waals surface area contributed by atoms with Crippen LogP contribution in [0.5, 0.6) is 5.75 Å². The molecular weight excluding hydrogens is 262 g/mol. The maximum atomic E-state index is 5.27. The number of benzene rings is 2. The van der Waals surface area contributed by atoms with Gasteiger partial charge >= 0.3 is 0 Å². The highest BCUT2D eigenvalue weighted by Gasteiger charge is 2.23. The van der Waals surface area contributed by atoms with Crippen LogP contribution in [0.1, 0.15) is 23.0 Å². The van der Waals surface area contributed by atoms with Crippen molar-refractivity contribution in [3.8, 4) is 5.75 Å². The van der Waals surface area contributed by atoms with Crippen LogP contribution in [0.3, 0.4) is 0 Å². The van der Waals surface area contributed by atoms with E-state index in [2.05, 4.69) is 34.6 Å². The highest BCUT2D eigenvalue weighted by molar-refractivity contribution is 5.77. The first-order valence-corrected chi connectivity index (χ1v) is 7.20. The molecule has 3 aromatic rings. The molecule has 0 spiro atoms. The molecule has 1 aromatic heterocycles. The van der Waals surface area contributed by atoms with Gasteiger partial charge in [0.15, 0.2) is 0 Å². The summed E-state index contributed by atoms with van der Waals surface area (Å²) in [5.41, 5.74) is 4.69. The van der Waals surface area contributed by atoms with Crippen molar-refractivity contribution in [2.75, 3.05) is 13.7 Å².